The molecular weight excluding hydrogens is 610 g/mol. The zero-order valence-corrected chi connectivity index (χ0v) is 28.3. The molecule has 0 saturated heterocycles. The first-order valence-corrected chi connectivity index (χ1v) is 17.1. The number of aliphatic hydroxyl groups excluding tert-OH is 1. The molecule has 1 unspecified atom stereocenters. The summed E-state index contributed by atoms with van der Waals surface area (Å²) in [5.74, 6) is 0.617. The van der Waals surface area contributed by atoms with E-state index in [0.717, 1.165) is 30.4 Å². The zero-order chi connectivity index (χ0) is 34.3. The van der Waals surface area contributed by atoms with Crippen LogP contribution in [0.15, 0.2) is 64.2 Å². The van der Waals surface area contributed by atoms with Crippen molar-refractivity contribution in [2.45, 2.75) is 84.0 Å². The van der Waals surface area contributed by atoms with E-state index >= 15 is 0 Å². The van der Waals surface area contributed by atoms with Crippen LogP contribution in [0, 0.1) is 0 Å². The number of hydrogen-bond donors (Lipinski definition) is 4. The van der Waals surface area contributed by atoms with E-state index in [-0.39, 0.29) is 24.6 Å². The monoisotopic (exact) mass is 661 g/mol. The number of nitrogens with two attached hydrogens (primary N) is 1. The second-order valence-electron chi connectivity index (χ2n) is 12.1. The van der Waals surface area contributed by atoms with E-state index in [0.29, 0.717) is 87.6 Å². The fourth-order valence-corrected chi connectivity index (χ4v) is 5.77. The Morgan fingerprint density at radius 2 is 1.73 bits per heavy atom. The van der Waals surface area contributed by atoms with Crippen LogP contribution in [0.25, 0.3) is 11.2 Å². The van der Waals surface area contributed by atoms with Crippen LogP contribution in [0.1, 0.15) is 62.4 Å². The van der Waals surface area contributed by atoms with Gasteiger partial charge in [-0.05, 0) is 55.8 Å². The number of fused-ring (bicyclic) bond motifs is 1. The minimum Gasteiger partial charge on any atom is -0.392 e. The highest BCUT2D eigenvalue weighted by Crippen LogP contribution is 2.20. The number of anilines is 1. The van der Waals surface area contributed by atoms with Gasteiger partial charge < -0.3 is 30.8 Å². The number of para-hydroxylation sites is 1. The molecule has 2 heterocycles. The summed E-state index contributed by atoms with van der Waals surface area (Å²) in [6.45, 7) is 4.79. The lowest BCUT2D eigenvalue weighted by molar-refractivity contribution is -0.116. The van der Waals surface area contributed by atoms with Crippen molar-refractivity contribution in [3.63, 3.8) is 0 Å². The third-order valence-corrected chi connectivity index (χ3v) is 8.50. The summed E-state index contributed by atoms with van der Waals surface area (Å²) in [7, 11) is 1.59. The van der Waals surface area contributed by atoms with Gasteiger partial charge in [-0.15, -0.1) is 0 Å². The average molecular weight is 662 g/mol. The topological polar surface area (TPSA) is 158 Å². The van der Waals surface area contributed by atoms with Gasteiger partial charge in [0.2, 0.25) is 5.91 Å². The van der Waals surface area contributed by atoms with Gasteiger partial charge in [-0.1, -0.05) is 61.9 Å². The number of aliphatic hydroxyl groups is 1. The molecule has 0 spiro atoms. The molecular formula is C36H51N7O5. The van der Waals surface area contributed by atoms with E-state index in [4.69, 9.17) is 15.5 Å². The van der Waals surface area contributed by atoms with Crippen molar-refractivity contribution in [3.05, 3.63) is 92.4 Å². The molecule has 2 aromatic carbocycles. The number of carbonyl (C=O) groups is 1. The summed E-state index contributed by atoms with van der Waals surface area (Å²) in [5, 5.41) is 16.4. The largest absolute Gasteiger partial charge is 0.392 e. The van der Waals surface area contributed by atoms with Crippen molar-refractivity contribution >= 4 is 22.8 Å². The predicted octanol–water partition coefficient (Wildman–Crippen LogP) is 3.05. The minimum atomic E-state index is -0.458. The van der Waals surface area contributed by atoms with Crippen LogP contribution >= 0.6 is 0 Å². The number of methoxy groups -OCH3 is 1. The van der Waals surface area contributed by atoms with Crippen molar-refractivity contribution < 1.29 is 14.6 Å². The Balaban J connectivity index is 1.72. The summed E-state index contributed by atoms with van der Waals surface area (Å²) in [5.41, 5.74) is 8.10. The van der Waals surface area contributed by atoms with Crippen molar-refractivity contribution in [1.29, 1.82) is 0 Å². The Morgan fingerprint density at radius 1 is 0.958 bits per heavy atom. The Morgan fingerprint density at radius 3 is 2.48 bits per heavy atom. The summed E-state index contributed by atoms with van der Waals surface area (Å²) in [4.78, 5) is 45.8. The van der Waals surface area contributed by atoms with Crippen molar-refractivity contribution in [1.82, 2.24) is 24.0 Å². The van der Waals surface area contributed by atoms with Crippen molar-refractivity contribution in [2.75, 3.05) is 38.7 Å². The van der Waals surface area contributed by atoms with E-state index in [9.17, 15) is 19.5 Å². The lowest BCUT2D eigenvalue weighted by Crippen LogP contribution is -2.41. The Hall–Kier alpha value is -4.10. The molecule has 260 valence electrons. The first-order valence-electron chi connectivity index (χ1n) is 17.1. The fraction of sp³-hybridized carbons (Fsp3) is 0.500. The number of hydrogen-bond acceptors (Lipinski definition) is 8. The smallest absolute Gasteiger partial charge is 0.332 e. The molecule has 48 heavy (non-hydrogen) atoms. The number of benzene rings is 2. The van der Waals surface area contributed by atoms with Gasteiger partial charge in [0.1, 0.15) is 5.82 Å². The molecule has 12 heteroatoms. The normalized spacial score (nSPS) is 12.1. The van der Waals surface area contributed by atoms with Crippen LogP contribution in [0.3, 0.4) is 0 Å². The molecule has 0 aliphatic heterocycles. The Bertz CT molecular complexity index is 1710. The third kappa shape index (κ3) is 9.96. The van der Waals surface area contributed by atoms with Gasteiger partial charge in [0.15, 0.2) is 11.2 Å². The minimum absolute atomic E-state index is 0.0601. The highest BCUT2D eigenvalue weighted by Gasteiger charge is 2.22. The summed E-state index contributed by atoms with van der Waals surface area (Å²) >= 11 is 0. The van der Waals surface area contributed by atoms with Crippen LogP contribution in [-0.4, -0.2) is 69.2 Å². The maximum Gasteiger partial charge on any atom is 0.332 e. The number of ether oxygens (including phenoxy) is 1. The summed E-state index contributed by atoms with van der Waals surface area (Å²) < 4.78 is 10.0. The SMILES string of the molecule is CCC(O)CNCCn1c(Cc2ccccc2)nc2c1c(=O)n(CCCOC)c(=O)n2CCc1ccccc1NC(=O)CCCCCN. The molecule has 0 aliphatic rings. The van der Waals surface area contributed by atoms with Gasteiger partial charge in [-0.3, -0.25) is 18.7 Å². The summed E-state index contributed by atoms with van der Waals surface area (Å²) in [6.07, 6.45) is 4.57. The molecule has 5 N–H and O–H groups in total. The molecule has 12 nitrogen and oxygen atoms in total. The molecule has 2 aromatic heterocycles. The molecule has 1 atom stereocenters. The van der Waals surface area contributed by atoms with E-state index in [2.05, 4.69) is 10.6 Å². The van der Waals surface area contributed by atoms with Crippen LogP contribution in [0.5, 0.6) is 0 Å². The number of nitrogens with zero attached hydrogens (tertiary/aromatic N) is 4. The van der Waals surface area contributed by atoms with Crippen molar-refractivity contribution in [2.24, 2.45) is 5.73 Å². The molecule has 0 bridgehead atoms. The lowest BCUT2D eigenvalue weighted by Gasteiger charge is -2.15. The second kappa shape index (κ2) is 19.0. The van der Waals surface area contributed by atoms with E-state index in [1.54, 1.807) is 11.7 Å². The number of carbonyl (C=O) groups excluding carboxylic acids is 1. The molecule has 4 rings (SSSR count). The van der Waals surface area contributed by atoms with Gasteiger partial charge in [-0.25, -0.2) is 9.78 Å². The molecule has 0 aliphatic carbocycles. The van der Waals surface area contributed by atoms with Crippen LogP contribution in [-0.2, 0) is 42.0 Å². The average Bonchev–Trinajstić information content (AvgIpc) is 3.44. The van der Waals surface area contributed by atoms with Gasteiger partial charge in [0.05, 0.1) is 6.10 Å². The van der Waals surface area contributed by atoms with Gasteiger partial charge in [0.25, 0.3) is 5.56 Å². The number of aromatic nitrogens is 4. The van der Waals surface area contributed by atoms with Crippen molar-refractivity contribution in [3.8, 4) is 0 Å². The number of rotatable bonds is 21. The first-order chi connectivity index (χ1) is 23.4. The Labute approximate surface area is 281 Å². The van der Waals surface area contributed by atoms with Crippen LogP contribution < -0.4 is 27.6 Å². The maximum absolute atomic E-state index is 14.1. The number of unbranched alkanes of at least 4 members (excludes halogenated alkanes) is 2. The lowest BCUT2D eigenvalue weighted by atomic mass is 10.1. The number of amides is 1. The number of aryl methyl sites for hydroxylation is 2. The standard InChI is InChI=1S/C36H51N7O5/c1-3-29(44)26-38-20-23-41-31(25-27-13-6-4-7-14-27)40-34-33(41)35(46)43(21-12-24-48-2)36(47)42(34)22-18-28-15-9-10-16-30(28)39-32(45)17-8-5-11-19-37/h4,6-7,9-10,13-16,29,38,44H,3,5,8,11-12,17-26,37H2,1-2H3,(H,39,45). The second-order valence-corrected chi connectivity index (χ2v) is 12.1. The highest BCUT2D eigenvalue weighted by molar-refractivity contribution is 5.91. The van der Waals surface area contributed by atoms with Crippen LogP contribution in [0.2, 0.25) is 0 Å². The number of imidazole rings is 1. The molecule has 1 amide bonds. The zero-order valence-electron chi connectivity index (χ0n) is 28.3. The van der Waals surface area contributed by atoms with Gasteiger partial charge in [0, 0.05) is 65.0 Å². The van der Waals surface area contributed by atoms with E-state index in [1.165, 1.54) is 4.57 Å². The number of nitrogens with one attached hydrogen (secondary N) is 2. The Kier molecular flexibility index (Phi) is 14.6. The molecule has 0 radical (unpaired) electrons. The maximum atomic E-state index is 14.1. The summed E-state index contributed by atoms with van der Waals surface area (Å²) in [6, 6.07) is 17.5. The van der Waals surface area contributed by atoms with E-state index < -0.39 is 11.8 Å². The van der Waals surface area contributed by atoms with Crippen LogP contribution in [0.4, 0.5) is 5.69 Å². The molecule has 4 aromatic rings. The van der Waals surface area contributed by atoms with Gasteiger partial charge >= 0.3 is 5.69 Å². The highest BCUT2D eigenvalue weighted by atomic mass is 16.5. The molecule has 0 fully saturated rings. The quantitative estimate of drug-likeness (QED) is 0.0993. The van der Waals surface area contributed by atoms with Gasteiger partial charge in [-0.2, -0.15) is 0 Å². The first kappa shape index (κ1) is 36.7. The van der Waals surface area contributed by atoms with E-state index in [1.807, 2.05) is 66.1 Å². The predicted molar refractivity (Wildman–Crippen MR) is 189 cm³/mol. The molecule has 0 saturated carbocycles. The fourth-order valence-electron chi connectivity index (χ4n) is 5.77. The third-order valence-electron chi connectivity index (χ3n) is 8.50.